The Kier molecular flexibility index (Phi) is 7.33. The molecule has 0 aliphatic carbocycles. The maximum absolute atomic E-state index is 9.91. The Labute approximate surface area is 83.8 Å². The summed E-state index contributed by atoms with van der Waals surface area (Å²) in [6.07, 6.45) is -0.421. The van der Waals surface area contributed by atoms with Crippen LogP contribution >= 0.6 is 7.82 Å². The summed E-state index contributed by atoms with van der Waals surface area (Å²) < 4.78 is 14.0. The van der Waals surface area contributed by atoms with E-state index in [1.54, 1.807) is 13.8 Å². The summed E-state index contributed by atoms with van der Waals surface area (Å²) in [6, 6.07) is 0. The fourth-order valence-corrected chi connectivity index (χ4v) is 0.824. The van der Waals surface area contributed by atoms with Crippen molar-refractivity contribution in [1.29, 1.82) is 0 Å². The molecule has 0 saturated carbocycles. The van der Waals surface area contributed by atoms with Crippen molar-refractivity contribution in [2.45, 2.75) is 20.0 Å². The molecule has 2 N–H and O–H groups in total. The second-order valence-corrected chi connectivity index (χ2v) is 2.84. The molecule has 0 aliphatic rings. The van der Waals surface area contributed by atoms with Crippen LogP contribution < -0.4 is 0 Å². The van der Waals surface area contributed by atoms with Crippen LogP contribution in [0.5, 0.6) is 0 Å². The molecule has 0 spiro atoms. The van der Waals surface area contributed by atoms with Gasteiger partial charge in [-0.25, -0.2) is 4.57 Å². The van der Waals surface area contributed by atoms with Gasteiger partial charge in [0.15, 0.2) is 0 Å². The predicted octanol–water partition coefficient (Wildman–Crippen LogP) is -0.412. The second kappa shape index (κ2) is 5.08. The van der Waals surface area contributed by atoms with Gasteiger partial charge in [-0.2, -0.15) is 0 Å². The molecule has 0 radical (unpaired) electrons. The minimum atomic E-state index is -4.22. The fraction of sp³-hybridized carbons (Fsp3) is 1.00. The van der Waals surface area contributed by atoms with Crippen LogP contribution in [0.25, 0.3) is 0 Å². The molecule has 0 aromatic rings. The number of hydrogen-bond donors (Lipinski definition) is 2. The number of phosphoric ester groups is 1. The van der Waals surface area contributed by atoms with E-state index < -0.39 is 13.9 Å². The van der Waals surface area contributed by atoms with Gasteiger partial charge in [0.1, 0.15) is 0 Å². The maximum atomic E-state index is 9.91. The molecule has 0 heterocycles. The summed E-state index contributed by atoms with van der Waals surface area (Å²) in [5, 5.41) is 0. The molecule has 0 unspecified atom stereocenters. The molecule has 0 amide bonds. The molecule has 4 nitrogen and oxygen atoms in total. The van der Waals surface area contributed by atoms with Gasteiger partial charge < -0.3 is 9.79 Å². The molecular weight excluding hydrogens is 171 g/mol. The van der Waals surface area contributed by atoms with Crippen molar-refractivity contribution in [3.8, 4) is 0 Å². The van der Waals surface area contributed by atoms with Crippen LogP contribution in [0.2, 0.25) is 0 Å². The summed E-state index contributed by atoms with van der Waals surface area (Å²) in [7, 11) is -4.22. The third kappa shape index (κ3) is 12.5. The van der Waals surface area contributed by atoms with E-state index in [1.807, 2.05) is 0 Å². The van der Waals surface area contributed by atoms with Gasteiger partial charge in [-0.1, -0.05) is 0 Å². The summed E-state index contributed by atoms with van der Waals surface area (Å²) in [4.78, 5) is 16.2. The number of hydrogen-bond acceptors (Lipinski definition) is 2. The van der Waals surface area contributed by atoms with E-state index in [4.69, 9.17) is 9.79 Å². The van der Waals surface area contributed by atoms with Crippen molar-refractivity contribution >= 4 is 45.6 Å². The Morgan fingerprint density at radius 2 is 1.78 bits per heavy atom. The SMILES string of the molecule is CC(C)OP(=O)(O)O.[CaH2]. The summed E-state index contributed by atoms with van der Waals surface area (Å²) in [5.41, 5.74) is 0. The summed E-state index contributed by atoms with van der Waals surface area (Å²) in [6.45, 7) is 3.11. The molecule has 0 aromatic carbocycles. The Morgan fingerprint density at radius 1 is 1.44 bits per heavy atom. The average molecular weight is 182 g/mol. The Hall–Kier alpha value is 1.37. The zero-order valence-corrected chi connectivity index (χ0v) is 5.63. The first-order valence-electron chi connectivity index (χ1n) is 2.16. The third-order valence-corrected chi connectivity index (χ3v) is 1.04. The van der Waals surface area contributed by atoms with Crippen molar-refractivity contribution in [1.82, 2.24) is 0 Å². The molecule has 0 bridgehead atoms. The van der Waals surface area contributed by atoms with Gasteiger partial charge in [0.25, 0.3) is 0 Å². The predicted molar refractivity (Wildman–Crippen MR) is 36.8 cm³/mol. The van der Waals surface area contributed by atoms with Crippen molar-refractivity contribution in [3.63, 3.8) is 0 Å². The van der Waals surface area contributed by atoms with E-state index in [9.17, 15) is 4.57 Å². The van der Waals surface area contributed by atoms with Gasteiger partial charge in [0.2, 0.25) is 0 Å². The molecule has 0 saturated heterocycles. The molecule has 0 fully saturated rings. The van der Waals surface area contributed by atoms with Crippen molar-refractivity contribution in [2.75, 3.05) is 0 Å². The van der Waals surface area contributed by atoms with Gasteiger partial charge >= 0.3 is 45.6 Å². The average Bonchev–Trinajstić information content (AvgIpc) is 1.21. The first-order chi connectivity index (χ1) is 3.42. The Balaban J connectivity index is 0. The molecule has 9 heavy (non-hydrogen) atoms. The van der Waals surface area contributed by atoms with Gasteiger partial charge in [0.05, 0.1) is 6.10 Å². The van der Waals surface area contributed by atoms with E-state index in [0.717, 1.165) is 0 Å². The Bertz CT molecular complexity index is 108. The van der Waals surface area contributed by atoms with Crippen LogP contribution in [0, 0.1) is 0 Å². The van der Waals surface area contributed by atoms with E-state index in [0.29, 0.717) is 0 Å². The molecule has 6 heteroatoms. The standard InChI is InChI=1S/C3H9O4P.Ca.2H/c1-3(2)7-8(4,5)6;;;/h3H,1-2H3,(H2,4,5,6);;;. The fourth-order valence-electron chi connectivity index (χ4n) is 0.275. The second-order valence-electron chi connectivity index (χ2n) is 1.64. The van der Waals surface area contributed by atoms with Crippen LogP contribution in [0.15, 0.2) is 0 Å². The van der Waals surface area contributed by atoms with Crippen LogP contribution in [-0.2, 0) is 9.09 Å². The number of phosphoric acid groups is 1. The molecular formula is C3H11CaO4P. The topological polar surface area (TPSA) is 66.8 Å². The molecule has 0 aliphatic heterocycles. The van der Waals surface area contributed by atoms with Crippen LogP contribution in [-0.4, -0.2) is 53.6 Å². The monoisotopic (exact) mass is 182 g/mol. The minimum absolute atomic E-state index is 0. The third-order valence-electron chi connectivity index (χ3n) is 0.348. The Morgan fingerprint density at radius 3 is 1.78 bits per heavy atom. The first kappa shape index (κ1) is 13.0. The normalized spacial score (nSPS) is 11.2. The molecule has 0 atom stereocenters. The van der Waals surface area contributed by atoms with E-state index in [2.05, 4.69) is 4.52 Å². The quantitative estimate of drug-likeness (QED) is 0.450. The van der Waals surface area contributed by atoms with E-state index in [-0.39, 0.29) is 37.7 Å². The van der Waals surface area contributed by atoms with Gasteiger partial charge in [-0.15, -0.1) is 0 Å². The molecule has 54 valence electrons. The van der Waals surface area contributed by atoms with Gasteiger partial charge in [-0.3, -0.25) is 4.52 Å². The van der Waals surface area contributed by atoms with Crippen molar-refractivity contribution in [2.24, 2.45) is 0 Å². The summed E-state index contributed by atoms with van der Waals surface area (Å²) >= 11 is 0. The molecule has 0 aromatic heterocycles. The summed E-state index contributed by atoms with van der Waals surface area (Å²) in [5.74, 6) is 0. The van der Waals surface area contributed by atoms with Crippen LogP contribution in [0.1, 0.15) is 13.8 Å². The number of rotatable bonds is 2. The first-order valence-corrected chi connectivity index (χ1v) is 3.69. The van der Waals surface area contributed by atoms with Crippen LogP contribution in [0.4, 0.5) is 0 Å². The van der Waals surface area contributed by atoms with Crippen molar-refractivity contribution < 1.29 is 18.9 Å². The van der Waals surface area contributed by atoms with E-state index in [1.165, 1.54) is 0 Å². The zero-order chi connectivity index (χ0) is 6.78. The van der Waals surface area contributed by atoms with Gasteiger partial charge in [-0.05, 0) is 13.8 Å². The van der Waals surface area contributed by atoms with Crippen molar-refractivity contribution in [3.05, 3.63) is 0 Å². The zero-order valence-electron chi connectivity index (χ0n) is 4.74. The molecule has 0 rings (SSSR count). The van der Waals surface area contributed by atoms with E-state index >= 15 is 0 Å². The van der Waals surface area contributed by atoms with Gasteiger partial charge in [0, 0.05) is 0 Å². The van der Waals surface area contributed by atoms with Crippen LogP contribution in [0.3, 0.4) is 0 Å².